The summed E-state index contributed by atoms with van der Waals surface area (Å²) in [5.41, 5.74) is 13.3. The summed E-state index contributed by atoms with van der Waals surface area (Å²) in [5, 5.41) is 14.7. The van der Waals surface area contributed by atoms with Crippen molar-refractivity contribution in [2.24, 2.45) is 11.8 Å². The second-order valence-electron chi connectivity index (χ2n) is 12.9. The number of allylic oxidation sites excluding steroid dienone is 2. The number of fused-ring (bicyclic) bond motifs is 13. The summed E-state index contributed by atoms with van der Waals surface area (Å²) in [5.74, 6) is 0.547. The Labute approximate surface area is 311 Å². The van der Waals surface area contributed by atoms with E-state index >= 15 is 0 Å². The normalized spacial score (nSPS) is 13.9. The maximum atomic E-state index is 11.7. The van der Waals surface area contributed by atoms with Gasteiger partial charge in [-0.25, -0.2) is 0 Å². The number of aliphatic hydroxyl groups is 1. The number of carbonyl (C=O) groups excluding carboxylic acids is 1. The standard InChI is InChI=1S/C33H21N.C13H24O2.Ir/c1-2-13-31-28-15-14-22-16-17-34-33(32(22)21-28)29-11-5-9-26(20-29)24-7-3-6-23(18-24)25-8-4-10-27(19-25)30(31)12-1;1-5-10(6-2)12(14)9-13(15)11(7-3)8-4;/h1-10,12-21,33H;9-11,14H,5-8H2,1-4H3;/q-2;;/b;12-9-;. The third kappa shape index (κ3) is 7.94. The van der Waals surface area contributed by atoms with Crippen LogP contribution in [0.2, 0.25) is 0 Å². The molecule has 3 nitrogen and oxygen atoms in total. The molecular weight excluding hydrogens is 791 g/mol. The van der Waals surface area contributed by atoms with Crippen molar-refractivity contribution in [3.8, 4) is 44.5 Å². The topological polar surface area (TPSA) is 51.4 Å². The number of aliphatic hydroxyl groups excluding tert-OH is 1. The van der Waals surface area contributed by atoms with Crippen LogP contribution in [0.5, 0.6) is 0 Å². The Morgan fingerprint density at radius 3 is 1.88 bits per heavy atom. The van der Waals surface area contributed by atoms with Gasteiger partial charge in [0.15, 0.2) is 5.78 Å². The molecule has 0 fully saturated rings. The van der Waals surface area contributed by atoms with E-state index in [2.05, 4.69) is 115 Å². The molecule has 7 rings (SSSR count). The Morgan fingerprint density at radius 2 is 1.26 bits per heavy atom. The monoisotopic (exact) mass is 836 g/mol. The van der Waals surface area contributed by atoms with Gasteiger partial charge in [-0.05, 0) is 82.3 Å². The summed E-state index contributed by atoms with van der Waals surface area (Å²) >= 11 is 0. The van der Waals surface area contributed by atoms with Gasteiger partial charge >= 0.3 is 0 Å². The third-order valence-electron chi connectivity index (χ3n) is 10.0. The summed E-state index contributed by atoms with van der Waals surface area (Å²) < 4.78 is 0. The Morgan fingerprint density at radius 1 is 0.700 bits per heavy atom. The van der Waals surface area contributed by atoms with Crippen molar-refractivity contribution in [2.45, 2.75) is 59.4 Å². The zero-order valence-electron chi connectivity index (χ0n) is 29.3. The second kappa shape index (κ2) is 16.9. The van der Waals surface area contributed by atoms with Crippen LogP contribution in [0, 0.1) is 17.9 Å². The molecule has 1 atom stereocenters. The summed E-state index contributed by atoms with van der Waals surface area (Å²) in [7, 11) is 0. The number of hydrogen-bond donors (Lipinski definition) is 1. The molecule has 8 bridgehead atoms. The van der Waals surface area contributed by atoms with E-state index in [0.29, 0.717) is 0 Å². The molecule has 5 aromatic rings. The minimum absolute atomic E-state index is 0. The molecule has 1 radical (unpaired) electrons. The zero-order chi connectivity index (χ0) is 34.3. The largest absolute Gasteiger partial charge is 0.682 e. The van der Waals surface area contributed by atoms with Crippen molar-refractivity contribution in [3.63, 3.8) is 0 Å². The predicted molar refractivity (Wildman–Crippen MR) is 205 cm³/mol. The number of nitrogens with zero attached hydrogens (tertiary/aromatic N) is 1. The Balaban J connectivity index is 0.000000261. The first-order chi connectivity index (χ1) is 23.9. The molecule has 0 aromatic heterocycles. The number of rotatable bonds is 7. The van der Waals surface area contributed by atoms with Gasteiger partial charge in [0.25, 0.3) is 0 Å². The predicted octanol–water partition coefficient (Wildman–Crippen LogP) is 12.8. The average Bonchev–Trinajstić information content (AvgIpc) is 3.15. The van der Waals surface area contributed by atoms with Crippen LogP contribution < -0.4 is 0 Å². The molecule has 0 amide bonds. The Kier molecular flexibility index (Phi) is 12.5. The van der Waals surface area contributed by atoms with Gasteiger partial charge < -0.3 is 10.4 Å². The molecule has 0 saturated carbocycles. The van der Waals surface area contributed by atoms with E-state index in [1.165, 1.54) is 61.7 Å². The number of benzene rings is 5. The first kappa shape index (κ1) is 36.8. The zero-order valence-corrected chi connectivity index (χ0v) is 31.7. The van der Waals surface area contributed by atoms with Gasteiger partial charge in [-0.2, -0.15) is 36.0 Å². The first-order valence-electron chi connectivity index (χ1n) is 17.7. The third-order valence-corrected chi connectivity index (χ3v) is 10.0. The first-order valence-corrected chi connectivity index (χ1v) is 17.7. The Bertz CT molecular complexity index is 2000. The van der Waals surface area contributed by atoms with Gasteiger partial charge in [0.2, 0.25) is 0 Å². The summed E-state index contributed by atoms with van der Waals surface area (Å²) in [4.78, 5) is 11.7. The summed E-state index contributed by atoms with van der Waals surface area (Å²) in [6.45, 7) is 8.07. The van der Waals surface area contributed by atoms with Gasteiger partial charge in [-0.1, -0.05) is 124 Å². The molecule has 2 aliphatic rings. The van der Waals surface area contributed by atoms with Crippen LogP contribution >= 0.6 is 0 Å². The van der Waals surface area contributed by atoms with Gasteiger partial charge in [0.05, 0.1) is 5.76 Å². The molecule has 4 heteroatoms. The van der Waals surface area contributed by atoms with Crippen LogP contribution in [0.25, 0.3) is 55.9 Å². The van der Waals surface area contributed by atoms with Gasteiger partial charge in [-0.15, -0.1) is 5.56 Å². The molecule has 1 aliphatic carbocycles. The van der Waals surface area contributed by atoms with E-state index in [1.807, 2.05) is 40.0 Å². The molecule has 50 heavy (non-hydrogen) atoms. The fourth-order valence-corrected chi connectivity index (χ4v) is 7.00. The molecule has 257 valence electrons. The molecule has 1 N–H and O–H groups in total. The molecule has 0 spiro atoms. The second-order valence-corrected chi connectivity index (χ2v) is 12.9. The van der Waals surface area contributed by atoms with E-state index < -0.39 is 0 Å². The van der Waals surface area contributed by atoms with Crippen molar-refractivity contribution < 1.29 is 30.0 Å². The van der Waals surface area contributed by atoms with Gasteiger partial charge in [0, 0.05) is 38.0 Å². The van der Waals surface area contributed by atoms with Crippen molar-refractivity contribution >= 4 is 11.9 Å². The van der Waals surface area contributed by atoms with E-state index in [9.17, 15) is 9.90 Å². The maximum Gasteiger partial charge on any atom is 0.162 e. The van der Waals surface area contributed by atoms with Crippen LogP contribution in [0.15, 0.2) is 127 Å². The van der Waals surface area contributed by atoms with Crippen molar-refractivity contribution in [1.82, 2.24) is 0 Å². The van der Waals surface area contributed by atoms with Crippen LogP contribution in [0.3, 0.4) is 0 Å². The number of ketones is 1. The SMILES string of the molecule is CCC(CC)C(=O)/C=C(\O)C(CC)CC.[Ir].[c-]1ccc2cc1C1[N-]C=Cc3ccc(cc31)-c1ccccc1-c1cccc(c1)-c1cccc-2c1. The molecular formula is C46H45IrNO2-2. The van der Waals surface area contributed by atoms with Gasteiger partial charge in [-0.3, -0.25) is 4.79 Å². The van der Waals surface area contributed by atoms with E-state index in [-0.39, 0.29) is 49.5 Å². The van der Waals surface area contributed by atoms with E-state index in [1.54, 1.807) is 0 Å². The summed E-state index contributed by atoms with van der Waals surface area (Å²) in [6.07, 6.45) is 8.94. The van der Waals surface area contributed by atoms with Crippen molar-refractivity contribution in [2.75, 3.05) is 0 Å². The fraction of sp³-hybridized carbons (Fsp3) is 0.239. The fourth-order valence-electron chi connectivity index (χ4n) is 7.00. The van der Waals surface area contributed by atoms with Crippen LogP contribution in [-0.2, 0) is 24.9 Å². The number of carbonyl (C=O) groups is 1. The summed E-state index contributed by atoms with van der Waals surface area (Å²) in [6, 6.07) is 43.0. The van der Waals surface area contributed by atoms with Crippen molar-refractivity contribution in [3.05, 3.63) is 155 Å². The Hall–Kier alpha value is -4.50. The quantitative estimate of drug-likeness (QED) is 0.101. The van der Waals surface area contributed by atoms with Gasteiger partial charge in [0.1, 0.15) is 0 Å². The molecule has 1 heterocycles. The molecule has 1 unspecified atom stereocenters. The minimum atomic E-state index is -0.0681. The van der Waals surface area contributed by atoms with Crippen LogP contribution in [0.1, 0.15) is 76.1 Å². The molecule has 5 aromatic carbocycles. The van der Waals surface area contributed by atoms with Crippen LogP contribution in [0.4, 0.5) is 0 Å². The van der Waals surface area contributed by atoms with Crippen molar-refractivity contribution in [1.29, 1.82) is 0 Å². The molecule has 0 saturated heterocycles. The molecule has 1 aliphatic heterocycles. The minimum Gasteiger partial charge on any atom is -0.682 e. The number of hydrogen-bond acceptors (Lipinski definition) is 2. The average molecular weight is 836 g/mol. The van der Waals surface area contributed by atoms with E-state index in [0.717, 1.165) is 31.2 Å². The maximum absolute atomic E-state index is 11.7. The van der Waals surface area contributed by atoms with Crippen LogP contribution in [-0.4, -0.2) is 10.9 Å². The smallest absolute Gasteiger partial charge is 0.162 e. The van der Waals surface area contributed by atoms with E-state index in [4.69, 9.17) is 5.32 Å².